The Labute approximate surface area is 162 Å². The average Bonchev–Trinajstić information content (AvgIpc) is 3.15. The summed E-state index contributed by atoms with van der Waals surface area (Å²) >= 11 is 0. The van der Waals surface area contributed by atoms with Crippen LogP contribution >= 0.6 is 0 Å². The average molecular weight is 378 g/mol. The minimum Gasteiger partial charge on any atom is -0.459 e. The van der Waals surface area contributed by atoms with E-state index in [0.29, 0.717) is 37.4 Å². The third kappa shape index (κ3) is 3.69. The first-order valence-corrected chi connectivity index (χ1v) is 9.36. The van der Waals surface area contributed by atoms with Crippen LogP contribution in [0.4, 0.5) is 10.5 Å². The maximum absolute atomic E-state index is 12.7. The van der Waals surface area contributed by atoms with E-state index in [1.165, 1.54) is 6.26 Å². The van der Waals surface area contributed by atoms with E-state index < -0.39 is 0 Å². The number of carbonyl (C=O) groups is 2. The number of nitrogens with one attached hydrogen (secondary N) is 2. The van der Waals surface area contributed by atoms with Gasteiger partial charge in [-0.05, 0) is 38.0 Å². The fraction of sp³-hybridized carbons (Fsp3) is 0.286. The number of fused-ring (bicyclic) bond motifs is 1. The zero-order chi connectivity index (χ0) is 19.5. The normalized spacial score (nSPS) is 14.8. The molecule has 0 atom stereocenters. The first-order chi connectivity index (χ1) is 13.6. The van der Waals surface area contributed by atoms with Crippen molar-refractivity contribution in [3.05, 3.63) is 60.2 Å². The number of carbonyl (C=O) groups excluding carboxylic acids is 2. The van der Waals surface area contributed by atoms with E-state index in [0.717, 1.165) is 16.5 Å². The zero-order valence-corrected chi connectivity index (χ0v) is 15.6. The van der Waals surface area contributed by atoms with E-state index >= 15 is 0 Å². The Balaban J connectivity index is 1.34. The van der Waals surface area contributed by atoms with Gasteiger partial charge < -0.3 is 20.0 Å². The Morgan fingerprint density at radius 3 is 2.68 bits per heavy atom. The molecule has 0 bridgehead atoms. The number of anilines is 1. The van der Waals surface area contributed by atoms with Gasteiger partial charge in [-0.3, -0.25) is 9.78 Å². The molecule has 0 saturated carbocycles. The number of urea groups is 1. The van der Waals surface area contributed by atoms with Crippen LogP contribution in [0.15, 0.2) is 53.3 Å². The van der Waals surface area contributed by atoms with Crippen LogP contribution in [-0.4, -0.2) is 41.0 Å². The smallest absolute Gasteiger partial charge is 0.321 e. The Morgan fingerprint density at radius 2 is 1.93 bits per heavy atom. The third-order valence-electron chi connectivity index (χ3n) is 5.06. The molecule has 1 aromatic carbocycles. The number of para-hydroxylation sites is 1. The van der Waals surface area contributed by atoms with Gasteiger partial charge in [0.25, 0.3) is 5.91 Å². The number of benzene rings is 1. The predicted octanol–water partition coefficient (Wildman–Crippen LogP) is 3.56. The Hall–Kier alpha value is -3.35. The molecular weight excluding hydrogens is 356 g/mol. The molecule has 0 aliphatic carbocycles. The SMILES string of the molecule is Cc1ccoc1C(=O)NC1CCN(C(=O)Nc2cccc3cccnc23)CC1. The van der Waals surface area contributed by atoms with Gasteiger partial charge in [0.15, 0.2) is 5.76 Å². The summed E-state index contributed by atoms with van der Waals surface area (Å²) in [6.45, 7) is 2.99. The molecule has 3 aromatic rings. The van der Waals surface area contributed by atoms with Crippen molar-refractivity contribution in [3.63, 3.8) is 0 Å². The number of aryl methyl sites for hydroxylation is 1. The molecule has 2 aromatic heterocycles. The first-order valence-electron chi connectivity index (χ1n) is 9.36. The molecule has 144 valence electrons. The number of amides is 3. The summed E-state index contributed by atoms with van der Waals surface area (Å²) in [5.74, 6) is 0.149. The summed E-state index contributed by atoms with van der Waals surface area (Å²) in [4.78, 5) is 31.1. The van der Waals surface area contributed by atoms with Crippen molar-refractivity contribution in [2.45, 2.75) is 25.8 Å². The molecule has 7 heteroatoms. The highest BCUT2D eigenvalue weighted by atomic mass is 16.3. The summed E-state index contributed by atoms with van der Waals surface area (Å²) in [7, 11) is 0. The summed E-state index contributed by atoms with van der Waals surface area (Å²) in [5, 5.41) is 6.94. The van der Waals surface area contributed by atoms with Crippen LogP contribution in [0.5, 0.6) is 0 Å². The quantitative estimate of drug-likeness (QED) is 0.729. The molecule has 4 rings (SSSR count). The maximum atomic E-state index is 12.7. The number of aromatic nitrogens is 1. The highest BCUT2D eigenvalue weighted by Gasteiger charge is 2.25. The van der Waals surface area contributed by atoms with E-state index in [2.05, 4.69) is 15.6 Å². The van der Waals surface area contributed by atoms with Crippen LogP contribution in [0.3, 0.4) is 0 Å². The van der Waals surface area contributed by atoms with Crippen molar-refractivity contribution in [2.24, 2.45) is 0 Å². The Morgan fingerprint density at radius 1 is 1.14 bits per heavy atom. The molecular formula is C21H22N4O3. The van der Waals surface area contributed by atoms with E-state index in [1.807, 2.05) is 37.3 Å². The second-order valence-corrected chi connectivity index (χ2v) is 6.98. The minimum atomic E-state index is -0.202. The molecule has 1 aliphatic rings. The summed E-state index contributed by atoms with van der Waals surface area (Å²) in [6.07, 6.45) is 4.63. The first kappa shape index (κ1) is 18.0. The van der Waals surface area contributed by atoms with Crippen LogP contribution in [-0.2, 0) is 0 Å². The van der Waals surface area contributed by atoms with Gasteiger partial charge in [0, 0.05) is 36.3 Å². The fourth-order valence-corrected chi connectivity index (χ4v) is 3.48. The van der Waals surface area contributed by atoms with Gasteiger partial charge in [-0.15, -0.1) is 0 Å². The number of hydrogen-bond donors (Lipinski definition) is 2. The largest absolute Gasteiger partial charge is 0.459 e. The number of likely N-dealkylation sites (tertiary alicyclic amines) is 1. The van der Waals surface area contributed by atoms with Gasteiger partial charge in [-0.1, -0.05) is 18.2 Å². The third-order valence-corrected chi connectivity index (χ3v) is 5.06. The van der Waals surface area contributed by atoms with Crippen LogP contribution < -0.4 is 10.6 Å². The Bertz CT molecular complexity index is 1000. The van der Waals surface area contributed by atoms with E-state index in [-0.39, 0.29) is 18.0 Å². The number of pyridine rings is 1. The van der Waals surface area contributed by atoms with E-state index in [4.69, 9.17) is 4.42 Å². The molecule has 3 amide bonds. The molecule has 0 unspecified atom stereocenters. The molecule has 0 radical (unpaired) electrons. The monoisotopic (exact) mass is 378 g/mol. The molecule has 1 fully saturated rings. The standard InChI is InChI=1S/C21H22N4O3/c1-14-9-13-28-19(14)20(26)23-16-7-11-25(12-8-16)21(27)24-17-6-2-4-15-5-3-10-22-18(15)17/h2-6,9-10,13,16H,7-8,11-12H2,1H3,(H,23,26)(H,24,27). The maximum Gasteiger partial charge on any atom is 0.321 e. The van der Waals surface area contributed by atoms with Crippen LogP contribution in [0.25, 0.3) is 10.9 Å². The number of rotatable bonds is 3. The highest BCUT2D eigenvalue weighted by Crippen LogP contribution is 2.22. The van der Waals surface area contributed by atoms with Crippen molar-refractivity contribution in [3.8, 4) is 0 Å². The Kier molecular flexibility index (Phi) is 4.97. The number of hydrogen-bond acceptors (Lipinski definition) is 4. The van der Waals surface area contributed by atoms with Crippen molar-refractivity contribution < 1.29 is 14.0 Å². The van der Waals surface area contributed by atoms with Gasteiger partial charge in [0.2, 0.25) is 0 Å². The van der Waals surface area contributed by atoms with E-state index in [9.17, 15) is 9.59 Å². The van der Waals surface area contributed by atoms with Gasteiger partial charge in [0.1, 0.15) is 0 Å². The topological polar surface area (TPSA) is 87.5 Å². The van der Waals surface area contributed by atoms with Crippen LogP contribution in [0.1, 0.15) is 29.0 Å². The fourth-order valence-electron chi connectivity index (χ4n) is 3.48. The van der Waals surface area contributed by atoms with Gasteiger partial charge >= 0.3 is 6.03 Å². The summed E-state index contributed by atoms with van der Waals surface area (Å²) < 4.78 is 5.24. The predicted molar refractivity (Wildman–Crippen MR) is 106 cm³/mol. The highest BCUT2D eigenvalue weighted by molar-refractivity contribution is 5.99. The lowest BCUT2D eigenvalue weighted by atomic mass is 10.0. The van der Waals surface area contributed by atoms with Crippen molar-refractivity contribution in [1.82, 2.24) is 15.2 Å². The summed E-state index contributed by atoms with van der Waals surface area (Å²) in [6, 6.07) is 11.2. The van der Waals surface area contributed by atoms with Crippen molar-refractivity contribution in [2.75, 3.05) is 18.4 Å². The lowest BCUT2D eigenvalue weighted by molar-refractivity contribution is 0.0890. The van der Waals surface area contributed by atoms with Gasteiger partial charge in [0.05, 0.1) is 17.5 Å². The zero-order valence-electron chi connectivity index (χ0n) is 15.6. The molecule has 2 N–H and O–H groups in total. The van der Waals surface area contributed by atoms with Crippen molar-refractivity contribution >= 4 is 28.5 Å². The molecule has 1 saturated heterocycles. The molecule has 7 nitrogen and oxygen atoms in total. The molecule has 3 heterocycles. The van der Waals surface area contributed by atoms with Gasteiger partial charge in [-0.25, -0.2) is 4.79 Å². The molecule has 28 heavy (non-hydrogen) atoms. The number of piperidine rings is 1. The summed E-state index contributed by atoms with van der Waals surface area (Å²) in [5.41, 5.74) is 2.29. The van der Waals surface area contributed by atoms with Crippen LogP contribution in [0.2, 0.25) is 0 Å². The lowest BCUT2D eigenvalue weighted by Gasteiger charge is -2.32. The second kappa shape index (κ2) is 7.72. The van der Waals surface area contributed by atoms with Crippen molar-refractivity contribution in [1.29, 1.82) is 0 Å². The van der Waals surface area contributed by atoms with E-state index in [1.54, 1.807) is 17.2 Å². The number of nitrogens with zero attached hydrogens (tertiary/aromatic N) is 2. The molecule has 0 spiro atoms. The van der Waals surface area contributed by atoms with Crippen LogP contribution in [0, 0.1) is 6.92 Å². The minimum absolute atomic E-state index is 0.0280. The number of furan rings is 1. The lowest BCUT2D eigenvalue weighted by Crippen LogP contribution is -2.47. The van der Waals surface area contributed by atoms with Gasteiger partial charge in [-0.2, -0.15) is 0 Å². The second-order valence-electron chi connectivity index (χ2n) is 6.98. The molecule has 1 aliphatic heterocycles.